The standard InChI is InChI=1S/C12H11N3OS/c1-16-10-4-2-3-9(7-13)12(10)15-8-11-14-5-6-17-11/h2-6,15H,8H2,1H3. The average Bonchev–Trinajstić information content (AvgIpc) is 2.88. The Morgan fingerprint density at radius 1 is 1.53 bits per heavy atom. The lowest BCUT2D eigenvalue weighted by Gasteiger charge is -2.11. The van der Waals surface area contributed by atoms with Gasteiger partial charge in [-0.25, -0.2) is 4.98 Å². The van der Waals surface area contributed by atoms with E-state index in [1.54, 1.807) is 36.8 Å². The van der Waals surface area contributed by atoms with Gasteiger partial charge in [0.15, 0.2) is 0 Å². The van der Waals surface area contributed by atoms with E-state index in [0.717, 1.165) is 5.01 Å². The number of aromatic nitrogens is 1. The maximum absolute atomic E-state index is 9.04. The van der Waals surface area contributed by atoms with E-state index in [0.29, 0.717) is 23.5 Å². The molecule has 0 bridgehead atoms. The second-order valence-corrected chi connectivity index (χ2v) is 4.25. The average molecular weight is 245 g/mol. The fraction of sp³-hybridized carbons (Fsp3) is 0.167. The van der Waals surface area contributed by atoms with Crippen LogP contribution in [0.15, 0.2) is 29.8 Å². The molecule has 0 radical (unpaired) electrons. The first-order valence-electron chi connectivity index (χ1n) is 5.04. The maximum atomic E-state index is 9.04. The third kappa shape index (κ3) is 2.55. The summed E-state index contributed by atoms with van der Waals surface area (Å²) in [7, 11) is 1.59. The summed E-state index contributed by atoms with van der Waals surface area (Å²) in [5.74, 6) is 0.667. The SMILES string of the molecule is COc1cccc(C#N)c1NCc1nccs1. The summed E-state index contributed by atoms with van der Waals surface area (Å²) >= 11 is 1.57. The Kier molecular flexibility index (Phi) is 3.58. The van der Waals surface area contributed by atoms with Gasteiger partial charge in [0.1, 0.15) is 16.8 Å². The van der Waals surface area contributed by atoms with Crippen molar-refractivity contribution in [2.45, 2.75) is 6.54 Å². The number of anilines is 1. The normalized spacial score (nSPS) is 9.65. The molecule has 0 atom stereocenters. The highest BCUT2D eigenvalue weighted by molar-refractivity contribution is 7.09. The van der Waals surface area contributed by atoms with Gasteiger partial charge >= 0.3 is 0 Å². The molecule has 2 rings (SSSR count). The van der Waals surface area contributed by atoms with Crippen LogP contribution in [0.25, 0.3) is 0 Å². The number of nitrogens with one attached hydrogen (secondary N) is 1. The second kappa shape index (κ2) is 5.32. The Hall–Kier alpha value is -2.06. The van der Waals surface area contributed by atoms with Crippen molar-refractivity contribution in [3.8, 4) is 11.8 Å². The molecule has 1 heterocycles. The van der Waals surface area contributed by atoms with Crippen molar-refractivity contribution in [1.82, 2.24) is 4.98 Å². The number of thiazole rings is 1. The van der Waals surface area contributed by atoms with Crippen molar-refractivity contribution >= 4 is 17.0 Å². The van der Waals surface area contributed by atoms with E-state index in [2.05, 4.69) is 16.4 Å². The number of nitriles is 1. The van der Waals surface area contributed by atoms with Gasteiger partial charge in [-0.05, 0) is 12.1 Å². The highest BCUT2D eigenvalue weighted by Gasteiger charge is 2.08. The van der Waals surface area contributed by atoms with Gasteiger partial charge in [0, 0.05) is 11.6 Å². The van der Waals surface area contributed by atoms with E-state index in [-0.39, 0.29) is 0 Å². The molecule has 0 unspecified atom stereocenters. The quantitative estimate of drug-likeness (QED) is 0.899. The van der Waals surface area contributed by atoms with Gasteiger partial charge in [0.25, 0.3) is 0 Å². The summed E-state index contributed by atoms with van der Waals surface area (Å²) in [6, 6.07) is 7.52. The van der Waals surface area contributed by atoms with Gasteiger partial charge in [0.2, 0.25) is 0 Å². The molecule has 5 heteroatoms. The zero-order chi connectivity index (χ0) is 12.1. The highest BCUT2D eigenvalue weighted by Crippen LogP contribution is 2.28. The fourth-order valence-corrected chi connectivity index (χ4v) is 2.04. The zero-order valence-corrected chi connectivity index (χ0v) is 10.1. The third-order valence-electron chi connectivity index (χ3n) is 2.27. The highest BCUT2D eigenvalue weighted by atomic mass is 32.1. The first kappa shape index (κ1) is 11.4. The van der Waals surface area contributed by atoms with E-state index in [4.69, 9.17) is 10.00 Å². The third-order valence-corrected chi connectivity index (χ3v) is 3.05. The number of methoxy groups -OCH3 is 1. The number of para-hydroxylation sites is 1. The molecule has 0 aliphatic heterocycles. The number of hydrogen-bond acceptors (Lipinski definition) is 5. The van der Waals surface area contributed by atoms with E-state index >= 15 is 0 Å². The summed E-state index contributed by atoms with van der Waals surface area (Å²) in [5.41, 5.74) is 1.29. The molecule has 2 aromatic rings. The van der Waals surface area contributed by atoms with Crippen LogP contribution in [0.1, 0.15) is 10.6 Å². The van der Waals surface area contributed by atoms with Gasteiger partial charge in [0.05, 0.1) is 24.9 Å². The monoisotopic (exact) mass is 245 g/mol. The summed E-state index contributed by atoms with van der Waals surface area (Å²) < 4.78 is 5.23. The number of ether oxygens (including phenoxy) is 1. The van der Waals surface area contributed by atoms with Gasteiger partial charge in [-0.2, -0.15) is 5.26 Å². The number of benzene rings is 1. The molecule has 4 nitrogen and oxygen atoms in total. The first-order chi connectivity index (χ1) is 8.35. The molecular formula is C12H11N3OS. The van der Waals surface area contributed by atoms with Crippen LogP contribution in [0.4, 0.5) is 5.69 Å². The minimum absolute atomic E-state index is 0.570. The minimum Gasteiger partial charge on any atom is -0.495 e. The number of hydrogen-bond donors (Lipinski definition) is 1. The predicted octanol–water partition coefficient (Wildman–Crippen LogP) is 2.64. The van der Waals surface area contributed by atoms with Crippen LogP contribution in [0.2, 0.25) is 0 Å². The Morgan fingerprint density at radius 3 is 3.06 bits per heavy atom. The van der Waals surface area contributed by atoms with Crippen molar-refractivity contribution in [2.24, 2.45) is 0 Å². The molecule has 0 fully saturated rings. The molecule has 0 saturated heterocycles. The summed E-state index contributed by atoms with van der Waals surface area (Å²) in [6.45, 7) is 0.590. The molecular weight excluding hydrogens is 234 g/mol. The molecule has 0 aliphatic carbocycles. The van der Waals surface area contributed by atoms with Gasteiger partial charge in [-0.15, -0.1) is 11.3 Å². The van der Waals surface area contributed by atoms with E-state index in [1.807, 2.05) is 11.4 Å². The van der Waals surface area contributed by atoms with Gasteiger partial charge in [-0.3, -0.25) is 0 Å². The number of rotatable bonds is 4. The number of nitrogens with zero attached hydrogens (tertiary/aromatic N) is 2. The topological polar surface area (TPSA) is 57.9 Å². The Bertz CT molecular complexity index is 531. The molecule has 1 N–H and O–H groups in total. The largest absolute Gasteiger partial charge is 0.495 e. The smallest absolute Gasteiger partial charge is 0.143 e. The lowest BCUT2D eigenvalue weighted by Crippen LogP contribution is -2.03. The molecule has 86 valence electrons. The van der Waals surface area contributed by atoms with Gasteiger partial charge < -0.3 is 10.1 Å². The van der Waals surface area contributed by atoms with Crippen LogP contribution >= 0.6 is 11.3 Å². The van der Waals surface area contributed by atoms with Crippen molar-refractivity contribution in [3.05, 3.63) is 40.3 Å². The predicted molar refractivity (Wildman–Crippen MR) is 67.1 cm³/mol. The van der Waals surface area contributed by atoms with Crippen LogP contribution in [0, 0.1) is 11.3 Å². The molecule has 17 heavy (non-hydrogen) atoms. The van der Waals surface area contributed by atoms with Crippen LogP contribution in [0.5, 0.6) is 5.75 Å². The van der Waals surface area contributed by atoms with Crippen LogP contribution < -0.4 is 10.1 Å². The first-order valence-corrected chi connectivity index (χ1v) is 5.92. The van der Waals surface area contributed by atoms with Crippen molar-refractivity contribution < 1.29 is 4.74 Å². The minimum atomic E-state index is 0.570. The van der Waals surface area contributed by atoms with Crippen LogP contribution in [-0.4, -0.2) is 12.1 Å². The van der Waals surface area contributed by atoms with E-state index < -0.39 is 0 Å². The van der Waals surface area contributed by atoms with Crippen molar-refractivity contribution in [1.29, 1.82) is 5.26 Å². The zero-order valence-electron chi connectivity index (χ0n) is 9.30. The Balaban J connectivity index is 2.22. The fourth-order valence-electron chi connectivity index (χ4n) is 1.48. The van der Waals surface area contributed by atoms with E-state index in [1.165, 1.54) is 0 Å². The van der Waals surface area contributed by atoms with Crippen molar-refractivity contribution in [2.75, 3.05) is 12.4 Å². The van der Waals surface area contributed by atoms with Crippen LogP contribution in [0.3, 0.4) is 0 Å². The summed E-state index contributed by atoms with van der Waals surface area (Å²) in [4.78, 5) is 4.17. The Morgan fingerprint density at radius 2 is 2.41 bits per heavy atom. The molecule has 0 amide bonds. The molecule has 0 aliphatic rings. The summed E-state index contributed by atoms with van der Waals surface area (Å²) in [5, 5.41) is 15.1. The maximum Gasteiger partial charge on any atom is 0.143 e. The molecule has 1 aromatic heterocycles. The Labute approximate surface area is 103 Å². The molecule has 0 spiro atoms. The molecule has 1 aromatic carbocycles. The summed E-state index contributed by atoms with van der Waals surface area (Å²) in [6.07, 6.45) is 1.76. The lowest BCUT2D eigenvalue weighted by molar-refractivity contribution is 0.416. The second-order valence-electron chi connectivity index (χ2n) is 3.27. The molecule has 0 saturated carbocycles. The van der Waals surface area contributed by atoms with Crippen molar-refractivity contribution in [3.63, 3.8) is 0 Å². The lowest BCUT2D eigenvalue weighted by atomic mass is 10.2. The van der Waals surface area contributed by atoms with E-state index in [9.17, 15) is 0 Å². The van der Waals surface area contributed by atoms with Crippen LogP contribution in [-0.2, 0) is 6.54 Å². The van der Waals surface area contributed by atoms with Gasteiger partial charge in [-0.1, -0.05) is 6.07 Å².